The summed E-state index contributed by atoms with van der Waals surface area (Å²) in [6.07, 6.45) is 0.544. The molecular formula is C14H21NO3. The third-order valence-corrected chi connectivity index (χ3v) is 3.71. The Morgan fingerprint density at radius 2 is 2.17 bits per heavy atom. The maximum absolute atomic E-state index is 9.90. The van der Waals surface area contributed by atoms with Gasteiger partial charge in [0.25, 0.3) is 0 Å². The lowest BCUT2D eigenvalue weighted by molar-refractivity contribution is 0.118. The van der Waals surface area contributed by atoms with Gasteiger partial charge in [-0.15, -0.1) is 0 Å². The number of aliphatic hydroxyl groups is 1. The Morgan fingerprint density at radius 1 is 1.44 bits per heavy atom. The van der Waals surface area contributed by atoms with Gasteiger partial charge in [-0.2, -0.15) is 0 Å². The second kappa shape index (κ2) is 5.16. The summed E-state index contributed by atoms with van der Waals surface area (Å²) >= 11 is 0. The minimum Gasteiger partial charge on any atom is -0.507 e. The zero-order valence-electron chi connectivity index (χ0n) is 11.1. The fourth-order valence-corrected chi connectivity index (χ4v) is 2.53. The maximum atomic E-state index is 9.90. The lowest BCUT2D eigenvalue weighted by Crippen LogP contribution is -2.36. The quantitative estimate of drug-likeness (QED) is 0.863. The summed E-state index contributed by atoms with van der Waals surface area (Å²) in [6, 6.07) is 5.73. The molecule has 4 nitrogen and oxygen atoms in total. The summed E-state index contributed by atoms with van der Waals surface area (Å²) in [5, 5.41) is 19.4. The molecule has 0 aromatic heterocycles. The highest BCUT2D eigenvalue weighted by Gasteiger charge is 2.28. The molecule has 18 heavy (non-hydrogen) atoms. The van der Waals surface area contributed by atoms with Gasteiger partial charge in [0.15, 0.2) is 0 Å². The van der Waals surface area contributed by atoms with Crippen molar-refractivity contribution in [2.45, 2.75) is 38.5 Å². The van der Waals surface area contributed by atoms with Crippen LogP contribution in [0.5, 0.6) is 5.75 Å². The topological polar surface area (TPSA) is 52.9 Å². The van der Waals surface area contributed by atoms with Crippen LogP contribution in [0.1, 0.15) is 31.9 Å². The number of hydrogen-bond donors (Lipinski definition) is 2. The Labute approximate surface area is 108 Å². The summed E-state index contributed by atoms with van der Waals surface area (Å²) in [7, 11) is 2.01. The van der Waals surface area contributed by atoms with Crippen molar-refractivity contribution in [3.05, 3.63) is 23.8 Å². The van der Waals surface area contributed by atoms with E-state index in [2.05, 4.69) is 11.8 Å². The highest BCUT2D eigenvalue weighted by atomic mass is 16.5. The van der Waals surface area contributed by atoms with E-state index in [1.807, 2.05) is 13.1 Å². The highest BCUT2D eigenvalue weighted by Crippen LogP contribution is 2.31. The Kier molecular flexibility index (Phi) is 3.78. The van der Waals surface area contributed by atoms with E-state index in [0.717, 1.165) is 18.7 Å². The number of ether oxygens (including phenoxy) is 1. The van der Waals surface area contributed by atoms with Gasteiger partial charge in [-0.1, -0.05) is 6.07 Å². The van der Waals surface area contributed by atoms with Gasteiger partial charge < -0.3 is 19.8 Å². The minimum atomic E-state index is -0.655. The predicted octanol–water partition coefficient (Wildman–Crippen LogP) is 2.06. The van der Waals surface area contributed by atoms with Gasteiger partial charge >= 0.3 is 0 Å². The zero-order chi connectivity index (χ0) is 13.3. The van der Waals surface area contributed by atoms with Crippen molar-refractivity contribution in [1.82, 2.24) is 0 Å². The van der Waals surface area contributed by atoms with Crippen molar-refractivity contribution in [2.75, 3.05) is 18.6 Å². The van der Waals surface area contributed by atoms with Crippen LogP contribution in [0.15, 0.2) is 18.2 Å². The lowest BCUT2D eigenvalue weighted by atomic mass is 10.1. The number of likely N-dealkylation sites (N-methyl/N-ethyl adjacent to an activating group) is 1. The molecule has 2 N–H and O–H groups in total. The number of nitrogens with zero attached hydrogens (tertiary/aromatic N) is 1. The molecule has 4 heteroatoms. The van der Waals surface area contributed by atoms with E-state index in [1.165, 1.54) is 0 Å². The molecule has 1 aromatic carbocycles. The number of phenols is 1. The van der Waals surface area contributed by atoms with E-state index in [1.54, 1.807) is 19.1 Å². The van der Waals surface area contributed by atoms with E-state index >= 15 is 0 Å². The number of anilines is 1. The number of benzene rings is 1. The summed E-state index contributed by atoms with van der Waals surface area (Å²) in [5.74, 6) is 0.140. The molecule has 0 saturated carbocycles. The molecule has 0 aliphatic carbocycles. The van der Waals surface area contributed by atoms with Crippen molar-refractivity contribution in [2.24, 2.45) is 0 Å². The number of aliphatic hydroxyl groups excluding tert-OH is 1. The Morgan fingerprint density at radius 3 is 2.67 bits per heavy atom. The van der Waals surface area contributed by atoms with Crippen molar-refractivity contribution in [3.8, 4) is 5.75 Å². The molecule has 0 bridgehead atoms. The van der Waals surface area contributed by atoms with E-state index in [-0.39, 0.29) is 11.9 Å². The summed E-state index contributed by atoms with van der Waals surface area (Å²) in [4.78, 5) is 2.13. The molecule has 2 rings (SSSR count). The molecule has 3 unspecified atom stereocenters. The van der Waals surface area contributed by atoms with Crippen LogP contribution in [0, 0.1) is 0 Å². The summed E-state index contributed by atoms with van der Waals surface area (Å²) in [6.45, 7) is 4.50. The molecule has 1 heterocycles. The van der Waals surface area contributed by atoms with Crippen LogP contribution in [0.3, 0.4) is 0 Å². The molecule has 1 aromatic rings. The first-order valence-electron chi connectivity index (χ1n) is 6.36. The maximum Gasteiger partial charge on any atom is 0.123 e. The van der Waals surface area contributed by atoms with Gasteiger partial charge in [0, 0.05) is 31.0 Å². The number of hydrogen-bond acceptors (Lipinski definition) is 4. The highest BCUT2D eigenvalue weighted by molar-refractivity contribution is 5.54. The average Bonchev–Trinajstić information content (AvgIpc) is 2.74. The first kappa shape index (κ1) is 13.2. The largest absolute Gasteiger partial charge is 0.507 e. The van der Waals surface area contributed by atoms with Crippen LogP contribution in [0.25, 0.3) is 0 Å². The van der Waals surface area contributed by atoms with Crippen molar-refractivity contribution < 1.29 is 14.9 Å². The molecule has 0 spiro atoms. The number of rotatable bonds is 3. The van der Waals surface area contributed by atoms with Crippen LogP contribution in [-0.4, -0.2) is 36.0 Å². The number of aromatic hydroxyl groups is 1. The molecule has 0 radical (unpaired) electrons. The van der Waals surface area contributed by atoms with Crippen LogP contribution >= 0.6 is 0 Å². The second-order valence-electron chi connectivity index (χ2n) is 4.96. The van der Waals surface area contributed by atoms with Crippen LogP contribution in [0.2, 0.25) is 0 Å². The van der Waals surface area contributed by atoms with Crippen LogP contribution in [-0.2, 0) is 4.74 Å². The first-order valence-corrected chi connectivity index (χ1v) is 6.36. The van der Waals surface area contributed by atoms with Gasteiger partial charge in [0.1, 0.15) is 5.75 Å². The summed E-state index contributed by atoms with van der Waals surface area (Å²) in [5.41, 5.74) is 1.50. The second-order valence-corrected chi connectivity index (χ2v) is 4.96. The Bertz CT molecular complexity index is 420. The van der Waals surface area contributed by atoms with Crippen LogP contribution < -0.4 is 4.90 Å². The molecule has 1 fully saturated rings. The fraction of sp³-hybridized carbons (Fsp3) is 0.571. The van der Waals surface area contributed by atoms with Crippen molar-refractivity contribution in [1.29, 1.82) is 0 Å². The van der Waals surface area contributed by atoms with E-state index in [0.29, 0.717) is 11.6 Å². The molecule has 3 atom stereocenters. The third-order valence-electron chi connectivity index (χ3n) is 3.71. The minimum absolute atomic E-state index is 0.140. The average molecular weight is 251 g/mol. The van der Waals surface area contributed by atoms with Gasteiger partial charge in [-0.3, -0.25) is 0 Å². The van der Waals surface area contributed by atoms with E-state index in [4.69, 9.17) is 4.74 Å². The van der Waals surface area contributed by atoms with Gasteiger partial charge in [-0.05, 0) is 26.3 Å². The predicted molar refractivity (Wildman–Crippen MR) is 71.0 cm³/mol. The Balaban J connectivity index is 2.21. The standard InChI is InChI=1S/C14H21NO3/c1-9(16)12-5-4-11(8-14(12)17)15(3)13-6-7-18-10(13)2/h4-5,8-10,13,16-17H,6-7H2,1-3H3. The molecule has 0 amide bonds. The summed E-state index contributed by atoms with van der Waals surface area (Å²) < 4.78 is 5.56. The first-order chi connectivity index (χ1) is 8.50. The van der Waals surface area contributed by atoms with Gasteiger partial charge in [-0.25, -0.2) is 0 Å². The van der Waals surface area contributed by atoms with E-state index < -0.39 is 6.10 Å². The van der Waals surface area contributed by atoms with E-state index in [9.17, 15) is 10.2 Å². The van der Waals surface area contributed by atoms with Crippen molar-refractivity contribution in [3.63, 3.8) is 0 Å². The molecule has 1 saturated heterocycles. The molecule has 1 aliphatic rings. The Hall–Kier alpha value is -1.26. The number of phenolic OH excluding ortho intramolecular Hbond substituents is 1. The van der Waals surface area contributed by atoms with Gasteiger partial charge in [0.05, 0.1) is 18.2 Å². The molecule has 1 aliphatic heterocycles. The molecular weight excluding hydrogens is 230 g/mol. The third kappa shape index (κ3) is 2.44. The van der Waals surface area contributed by atoms with Crippen LogP contribution in [0.4, 0.5) is 5.69 Å². The smallest absolute Gasteiger partial charge is 0.123 e. The SMILES string of the molecule is CC(O)c1ccc(N(C)C2CCOC2C)cc1O. The zero-order valence-corrected chi connectivity index (χ0v) is 11.1. The fourth-order valence-electron chi connectivity index (χ4n) is 2.53. The monoisotopic (exact) mass is 251 g/mol. The normalized spacial score (nSPS) is 25.1. The van der Waals surface area contributed by atoms with Crippen molar-refractivity contribution >= 4 is 5.69 Å². The molecule has 100 valence electrons. The lowest BCUT2D eigenvalue weighted by Gasteiger charge is -2.29. The van der Waals surface area contributed by atoms with Gasteiger partial charge in [0.2, 0.25) is 0 Å².